The van der Waals surface area contributed by atoms with Crippen molar-refractivity contribution >= 4 is 28.3 Å². The van der Waals surface area contributed by atoms with E-state index in [1.807, 2.05) is 71.7 Å². The highest BCUT2D eigenvalue weighted by Gasteiger charge is 2.13. The van der Waals surface area contributed by atoms with Gasteiger partial charge in [-0.05, 0) is 60.1 Å². The van der Waals surface area contributed by atoms with Crippen molar-refractivity contribution in [3.63, 3.8) is 0 Å². The predicted molar refractivity (Wildman–Crippen MR) is 135 cm³/mol. The van der Waals surface area contributed by atoms with Crippen molar-refractivity contribution in [2.75, 3.05) is 24.7 Å². The fourth-order valence-electron chi connectivity index (χ4n) is 3.44. The molecule has 0 aliphatic heterocycles. The van der Waals surface area contributed by atoms with E-state index in [1.165, 1.54) is 7.05 Å². The van der Waals surface area contributed by atoms with Crippen LogP contribution >= 0.6 is 12.6 Å². The van der Waals surface area contributed by atoms with E-state index in [1.54, 1.807) is 6.20 Å². The molecular formula is C24H25N5O2S2. The maximum absolute atomic E-state index is 11.8. The summed E-state index contributed by atoms with van der Waals surface area (Å²) >= 11 is 4.37. The number of sulfonamides is 1. The molecule has 0 amide bonds. The normalized spacial score (nSPS) is 11.5. The van der Waals surface area contributed by atoms with Gasteiger partial charge in [-0.2, -0.15) is 5.10 Å². The smallest absolute Gasteiger partial charge is 0.213 e. The Morgan fingerprint density at radius 2 is 1.82 bits per heavy atom. The third-order valence-electron chi connectivity index (χ3n) is 5.20. The van der Waals surface area contributed by atoms with Crippen LogP contribution in [0.3, 0.4) is 0 Å². The largest absolute Gasteiger partial charge is 0.383 e. The first-order valence-corrected chi connectivity index (χ1v) is 12.5. The molecule has 0 unspecified atom stereocenters. The van der Waals surface area contributed by atoms with Gasteiger partial charge in [0.15, 0.2) is 0 Å². The number of hydrogen-bond acceptors (Lipinski definition) is 6. The third-order valence-corrected chi connectivity index (χ3v) is 6.86. The highest BCUT2D eigenvalue weighted by atomic mass is 32.2. The van der Waals surface area contributed by atoms with Gasteiger partial charge in [-0.1, -0.05) is 24.3 Å². The lowest BCUT2D eigenvalue weighted by Crippen LogP contribution is -2.26. The molecule has 0 fully saturated rings. The Morgan fingerprint density at radius 1 is 1.03 bits per heavy atom. The van der Waals surface area contributed by atoms with E-state index in [4.69, 9.17) is 5.10 Å². The van der Waals surface area contributed by atoms with Crippen LogP contribution in [-0.4, -0.2) is 42.5 Å². The third kappa shape index (κ3) is 6.01. The average Bonchev–Trinajstić information content (AvgIpc) is 3.28. The maximum atomic E-state index is 11.8. The Balaban J connectivity index is 1.65. The van der Waals surface area contributed by atoms with Crippen LogP contribution in [0.4, 0.5) is 5.69 Å². The zero-order valence-corrected chi connectivity index (χ0v) is 19.9. The van der Waals surface area contributed by atoms with E-state index in [-0.39, 0.29) is 12.3 Å². The van der Waals surface area contributed by atoms with Gasteiger partial charge in [0.2, 0.25) is 10.0 Å². The summed E-state index contributed by atoms with van der Waals surface area (Å²) in [7, 11) is -1.88. The van der Waals surface area contributed by atoms with Gasteiger partial charge in [-0.3, -0.25) is 9.67 Å². The molecule has 0 radical (unpaired) electrons. The SMILES string of the molecule is CNS(=O)(=O)CCNc1ccc(-c2ccc(S)cc2)cc1-c1ccn(Cc2cccnc2)n1. The summed E-state index contributed by atoms with van der Waals surface area (Å²) in [6.07, 6.45) is 5.50. The van der Waals surface area contributed by atoms with Crippen molar-refractivity contribution in [2.24, 2.45) is 0 Å². The molecule has 33 heavy (non-hydrogen) atoms. The van der Waals surface area contributed by atoms with Crippen molar-refractivity contribution < 1.29 is 8.42 Å². The summed E-state index contributed by atoms with van der Waals surface area (Å²) < 4.78 is 27.8. The topological polar surface area (TPSA) is 88.9 Å². The first kappa shape index (κ1) is 23.0. The number of benzene rings is 2. The summed E-state index contributed by atoms with van der Waals surface area (Å²) in [5.41, 5.74) is 5.67. The molecule has 2 N–H and O–H groups in total. The second kappa shape index (κ2) is 10.2. The van der Waals surface area contributed by atoms with Crippen molar-refractivity contribution in [2.45, 2.75) is 11.4 Å². The monoisotopic (exact) mass is 479 g/mol. The minimum absolute atomic E-state index is 0.0243. The second-order valence-electron chi connectivity index (χ2n) is 7.52. The lowest BCUT2D eigenvalue weighted by atomic mass is 10.00. The number of thiol groups is 1. The molecule has 0 saturated heterocycles. The molecule has 0 saturated carbocycles. The number of aromatic nitrogens is 3. The van der Waals surface area contributed by atoms with E-state index in [0.29, 0.717) is 6.54 Å². The summed E-state index contributed by atoms with van der Waals surface area (Å²) in [4.78, 5) is 5.06. The molecule has 0 atom stereocenters. The summed E-state index contributed by atoms with van der Waals surface area (Å²) in [5.74, 6) is -0.0243. The minimum atomic E-state index is -3.30. The number of pyridine rings is 1. The lowest BCUT2D eigenvalue weighted by molar-refractivity contribution is 0.588. The van der Waals surface area contributed by atoms with Crippen LogP contribution < -0.4 is 10.0 Å². The van der Waals surface area contributed by atoms with Crippen molar-refractivity contribution in [3.8, 4) is 22.4 Å². The van der Waals surface area contributed by atoms with E-state index in [2.05, 4.69) is 33.7 Å². The lowest BCUT2D eigenvalue weighted by Gasteiger charge is -2.13. The minimum Gasteiger partial charge on any atom is -0.383 e. The quantitative estimate of drug-likeness (QED) is 0.317. The summed E-state index contributed by atoms with van der Waals surface area (Å²) in [5, 5.41) is 8.02. The van der Waals surface area contributed by atoms with E-state index in [9.17, 15) is 8.42 Å². The van der Waals surface area contributed by atoms with Gasteiger partial charge in [0.1, 0.15) is 0 Å². The highest BCUT2D eigenvalue weighted by molar-refractivity contribution is 7.89. The van der Waals surface area contributed by atoms with Crippen molar-refractivity contribution in [3.05, 3.63) is 84.8 Å². The van der Waals surface area contributed by atoms with Gasteiger partial charge < -0.3 is 5.32 Å². The first-order valence-electron chi connectivity index (χ1n) is 10.4. The molecular weight excluding hydrogens is 454 g/mol. The number of hydrogen-bond donors (Lipinski definition) is 3. The molecule has 170 valence electrons. The summed E-state index contributed by atoms with van der Waals surface area (Å²) in [6, 6.07) is 19.9. The molecule has 0 aliphatic carbocycles. The van der Waals surface area contributed by atoms with Gasteiger partial charge in [-0.15, -0.1) is 12.6 Å². The van der Waals surface area contributed by atoms with Crippen LogP contribution in [0.1, 0.15) is 5.56 Å². The zero-order valence-electron chi connectivity index (χ0n) is 18.1. The van der Waals surface area contributed by atoms with Crippen molar-refractivity contribution in [1.82, 2.24) is 19.5 Å². The zero-order chi connectivity index (χ0) is 23.3. The van der Waals surface area contributed by atoms with Gasteiger partial charge in [-0.25, -0.2) is 13.1 Å². The molecule has 2 aromatic carbocycles. The van der Waals surface area contributed by atoms with Crippen LogP contribution in [0.15, 0.2) is 84.1 Å². The maximum Gasteiger partial charge on any atom is 0.213 e. The molecule has 2 aromatic heterocycles. The van der Waals surface area contributed by atoms with E-state index in [0.717, 1.165) is 38.5 Å². The molecule has 9 heteroatoms. The van der Waals surface area contributed by atoms with Crippen LogP contribution in [0.2, 0.25) is 0 Å². The molecule has 0 aliphatic rings. The molecule has 0 spiro atoms. The Kier molecular flexibility index (Phi) is 7.12. The second-order valence-corrected chi connectivity index (χ2v) is 10.1. The Labute approximate surface area is 199 Å². The van der Waals surface area contributed by atoms with Crippen LogP contribution in [0, 0.1) is 0 Å². The Morgan fingerprint density at radius 3 is 2.55 bits per heavy atom. The summed E-state index contributed by atoms with van der Waals surface area (Å²) in [6.45, 7) is 0.889. The van der Waals surface area contributed by atoms with Crippen LogP contribution in [0.25, 0.3) is 22.4 Å². The number of nitrogens with one attached hydrogen (secondary N) is 2. The molecule has 0 bridgehead atoms. The molecule has 2 heterocycles. The van der Waals surface area contributed by atoms with Gasteiger partial charge in [0.05, 0.1) is 18.0 Å². The van der Waals surface area contributed by atoms with E-state index < -0.39 is 10.0 Å². The number of rotatable bonds is 9. The molecule has 4 rings (SSSR count). The number of anilines is 1. The highest BCUT2D eigenvalue weighted by Crippen LogP contribution is 2.32. The standard InChI is InChI=1S/C24H25N5O2S2/c1-25-33(30,31)14-12-27-23-9-6-20(19-4-7-21(32)8-5-19)15-22(23)24-10-13-29(28-24)17-18-3-2-11-26-16-18/h2-11,13,15-16,25,27,32H,12,14,17H2,1H3. The Hall–Kier alpha value is -3.14. The average molecular weight is 480 g/mol. The van der Waals surface area contributed by atoms with Crippen LogP contribution in [0.5, 0.6) is 0 Å². The van der Waals surface area contributed by atoms with Gasteiger partial charge in [0.25, 0.3) is 0 Å². The Bertz CT molecular complexity index is 1320. The van der Waals surface area contributed by atoms with Gasteiger partial charge >= 0.3 is 0 Å². The van der Waals surface area contributed by atoms with Crippen LogP contribution in [-0.2, 0) is 16.6 Å². The molecule has 7 nitrogen and oxygen atoms in total. The number of nitrogens with zero attached hydrogens (tertiary/aromatic N) is 3. The van der Waals surface area contributed by atoms with E-state index >= 15 is 0 Å². The fraction of sp³-hybridized carbons (Fsp3) is 0.167. The van der Waals surface area contributed by atoms with Crippen molar-refractivity contribution in [1.29, 1.82) is 0 Å². The fourth-order valence-corrected chi connectivity index (χ4v) is 4.16. The predicted octanol–water partition coefficient (Wildman–Crippen LogP) is 3.91. The molecule has 4 aromatic rings. The van der Waals surface area contributed by atoms with Gasteiger partial charge in [0, 0.05) is 41.3 Å². The first-order chi connectivity index (χ1) is 15.9.